The monoisotopic (exact) mass is 295 g/mol. The van der Waals surface area contributed by atoms with Crippen LogP contribution in [0.25, 0.3) is 11.3 Å². The fraction of sp³-hybridized carbons (Fsp3) is 0.375. The first-order valence-corrected chi connectivity index (χ1v) is 7.49. The minimum Gasteiger partial charge on any atom is -0.366 e. The Morgan fingerprint density at radius 2 is 2.23 bits per heavy atom. The Bertz CT molecular complexity index is 760. The van der Waals surface area contributed by atoms with Crippen LogP contribution in [0.15, 0.2) is 24.4 Å². The van der Waals surface area contributed by atoms with Gasteiger partial charge in [0.15, 0.2) is 5.82 Å². The number of carbonyl (C=O) groups excluding carboxylic acids is 1. The van der Waals surface area contributed by atoms with Gasteiger partial charge in [0.05, 0.1) is 29.3 Å². The molecule has 1 amide bonds. The number of rotatable bonds is 1. The first kappa shape index (κ1) is 13.2. The summed E-state index contributed by atoms with van der Waals surface area (Å²) in [6.45, 7) is 5.41. The zero-order valence-corrected chi connectivity index (χ0v) is 12.7. The standard InChI is InChI=1S/C16H17N5O/c1-10-7-12(8-17-19-10)14-3-4-15-16(18-14)21(11(2)22)13-5-6-20(15)9-13/h3-4,7-8,13H,5-6,9H2,1-2H3/t13-/m0/s1. The molecule has 1 atom stereocenters. The first-order valence-electron chi connectivity index (χ1n) is 7.49. The smallest absolute Gasteiger partial charge is 0.225 e. The normalized spacial score (nSPS) is 19.3. The number of fused-ring (bicyclic) bond motifs is 4. The van der Waals surface area contributed by atoms with Crippen molar-refractivity contribution in [2.24, 2.45) is 0 Å². The van der Waals surface area contributed by atoms with Gasteiger partial charge in [-0.05, 0) is 31.5 Å². The fourth-order valence-corrected chi connectivity index (χ4v) is 3.39. The molecule has 6 nitrogen and oxygen atoms in total. The Hall–Kier alpha value is -2.50. The van der Waals surface area contributed by atoms with E-state index in [0.717, 1.165) is 48.0 Å². The predicted octanol–water partition coefficient (Wildman–Crippen LogP) is 1.79. The molecule has 0 radical (unpaired) electrons. The molecule has 0 aromatic carbocycles. The zero-order chi connectivity index (χ0) is 15.3. The molecule has 4 heterocycles. The summed E-state index contributed by atoms with van der Waals surface area (Å²) in [6, 6.07) is 6.25. The van der Waals surface area contributed by atoms with E-state index < -0.39 is 0 Å². The number of hydrogen-bond donors (Lipinski definition) is 0. The van der Waals surface area contributed by atoms with Crippen molar-refractivity contribution in [3.8, 4) is 11.3 Å². The van der Waals surface area contributed by atoms with Gasteiger partial charge in [-0.3, -0.25) is 9.69 Å². The van der Waals surface area contributed by atoms with Gasteiger partial charge in [-0.2, -0.15) is 10.2 Å². The maximum Gasteiger partial charge on any atom is 0.225 e. The average molecular weight is 295 g/mol. The average Bonchev–Trinajstić information content (AvgIpc) is 2.91. The van der Waals surface area contributed by atoms with Crippen LogP contribution in [-0.2, 0) is 4.79 Å². The van der Waals surface area contributed by atoms with E-state index >= 15 is 0 Å². The highest BCUT2D eigenvalue weighted by Crippen LogP contribution is 2.39. The number of hydrogen-bond acceptors (Lipinski definition) is 5. The summed E-state index contributed by atoms with van der Waals surface area (Å²) in [5.41, 5.74) is 3.65. The highest BCUT2D eigenvalue weighted by atomic mass is 16.2. The third-order valence-electron chi connectivity index (χ3n) is 4.36. The molecule has 2 bridgehead atoms. The maximum absolute atomic E-state index is 12.1. The maximum atomic E-state index is 12.1. The molecule has 0 aliphatic carbocycles. The number of pyridine rings is 1. The fourth-order valence-electron chi connectivity index (χ4n) is 3.39. The van der Waals surface area contributed by atoms with E-state index in [1.54, 1.807) is 13.1 Å². The quantitative estimate of drug-likeness (QED) is 0.802. The SMILES string of the molecule is CC(=O)N1c2nc(-c3cnnc(C)c3)ccc2N2CC[C@H]1C2. The summed E-state index contributed by atoms with van der Waals surface area (Å²) in [7, 11) is 0. The highest BCUT2D eigenvalue weighted by molar-refractivity contribution is 5.96. The molecule has 0 saturated carbocycles. The molecule has 6 heteroatoms. The molecule has 1 saturated heterocycles. The van der Waals surface area contributed by atoms with E-state index in [-0.39, 0.29) is 11.9 Å². The van der Waals surface area contributed by atoms with E-state index in [1.165, 1.54) is 0 Å². The van der Waals surface area contributed by atoms with Crippen LogP contribution in [0.3, 0.4) is 0 Å². The van der Waals surface area contributed by atoms with Crippen LogP contribution in [0.2, 0.25) is 0 Å². The molecule has 2 aliphatic heterocycles. The molecule has 0 N–H and O–H groups in total. The second-order valence-electron chi connectivity index (χ2n) is 5.90. The Morgan fingerprint density at radius 3 is 3.00 bits per heavy atom. The molecule has 2 aromatic rings. The minimum absolute atomic E-state index is 0.0569. The van der Waals surface area contributed by atoms with Gasteiger partial charge in [0.25, 0.3) is 0 Å². The van der Waals surface area contributed by atoms with Crippen LogP contribution < -0.4 is 9.80 Å². The van der Waals surface area contributed by atoms with E-state index in [2.05, 4.69) is 21.2 Å². The summed E-state index contributed by atoms with van der Waals surface area (Å²) < 4.78 is 0. The molecule has 2 aromatic heterocycles. The zero-order valence-electron chi connectivity index (χ0n) is 12.7. The number of aryl methyl sites for hydroxylation is 1. The highest BCUT2D eigenvalue weighted by Gasteiger charge is 2.38. The number of aromatic nitrogens is 3. The lowest BCUT2D eigenvalue weighted by Crippen LogP contribution is -2.45. The van der Waals surface area contributed by atoms with Gasteiger partial charge in [-0.15, -0.1) is 0 Å². The van der Waals surface area contributed by atoms with Crippen molar-refractivity contribution in [1.82, 2.24) is 15.2 Å². The van der Waals surface area contributed by atoms with Crippen LogP contribution in [0.5, 0.6) is 0 Å². The molecule has 4 rings (SSSR count). The van der Waals surface area contributed by atoms with Gasteiger partial charge in [-0.1, -0.05) is 0 Å². The first-order chi connectivity index (χ1) is 10.6. The van der Waals surface area contributed by atoms with E-state index in [0.29, 0.717) is 0 Å². The molecule has 0 unspecified atom stereocenters. The summed E-state index contributed by atoms with van der Waals surface area (Å²) in [5.74, 6) is 0.828. The molecular weight excluding hydrogens is 278 g/mol. The van der Waals surface area contributed by atoms with Crippen LogP contribution >= 0.6 is 0 Å². The lowest BCUT2D eigenvalue weighted by molar-refractivity contribution is -0.117. The van der Waals surface area contributed by atoms with E-state index in [9.17, 15) is 4.79 Å². The Labute approximate surface area is 128 Å². The number of anilines is 2. The van der Waals surface area contributed by atoms with Gasteiger partial charge in [0.1, 0.15) is 0 Å². The van der Waals surface area contributed by atoms with Crippen molar-refractivity contribution in [1.29, 1.82) is 0 Å². The summed E-state index contributed by atoms with van der Waals surface area (Å²) >= 11 is 0. The molecule has 112 valence electrons. The molecular formula is C16H17N5O. The molecule has 2 aliphatic rings. The van der Waals surface area contributed by atoms with E-state index in [1.807, 2.05) is 24.0 Å². The molecule has 22 heavy (non-hydrogen) atoms. The summed E-state index contributed by atoms with van der Waals surface area (Å²) in [4.78, 5) is 21.0. The second kappa shape index (κ2) is 4.76. The predicted molar refractivity (Wildman–Crippen MR) is 83.8 cm³/mol. The van der Waals surface area contributed by atoms with Crippen molar-refractivity contribution in [2.75, 3.05) is 22.9 Å². The minimum atomic E-state index is 0.0569. The molecule has 0 spiro atoms. The van der Waals surface area contributed by atoms with Crippen LogP contribution in [0.4, 0.5) is 11.5 Å². The number of amides is 1. The summed E-state index contributed by atoms with van der Waals surface area (Å²) in [5, 5.41) is 7.97. The Kier molecular flexibility index (Phi) is 2.85. The van der Waals surface area contributed by atoms with Crippen molar-refractivity contribution < 1.29 is 4.79 Å². The van der Waals surface area contributed by atoms with Crippen LogP contribution in [0, 0.1) is 6.92 Å². The van der Waals surface area contributed by atoms with E-state index in [4.69, 9.17) is 4.98 Å². The van der Waals surface area contributed by atoms with Gasteiger partial charge >= 0.3 is 0 Å². The van der Waals surface area contributed by atoms with Gasteiger partial charge < -0.3 is 4.90 Å². The Balaban J connectivity index is 1.85. The Morgan fingerprint density at radius 1 is 1.36 bits per heavy atom. The lowest BCUT2D eigenvalue weighted by Gasteiger charge is -2.35. The number of carbonyl (C=O) groups is 1. The largest absolute Gasteiger partial charge is 0.366 e. The van der Waals surface area contributed by atoms with Crippen molar-refractivity contribution in [2.45, 2.75) is 26.3 Å². The van der Waals surface area contributed by atoms with Gasteiger partial charge in [0, 0.05) is 25.6 Å². The van der Waals surface area contributed by atoms with Crippen LogP contribution in [0.1, 0.15) is 19.0 Å². The lowest BCUT2D eigenvalue weighted by atomic mass is 10.1. The topological polar surface area (TPSA) is 62.2 Å². The molecule has 1 fully saturated rings. The van der Waals surface area contributed by atoms with Gasteiger partial charge in [-0.25, -0.2) is 4.98 Å². The van der Waals surface area contributed by atoms with Crippen molar-refractivity contribution >= 4 is 17.4 Å². The second-order valence-corrected chi connectivity index (χ2v) is 5.90. The number of nitrogens with zero attached hydrogens (tertiary/aromatic N) is 5. The third-order valence-corrected chi connectivity index (χ3v) is 4.36. The van der Waals surface area contributed by atoms with Gasteiger partial charge in [0.2, 0.25) is 5.91 Å². The van der Waals surface area contributed by atoms with Crippen LogP contribution in [-0.4, -0.2) is 40.2 Å². The van der Waals surface area contributed by atoms with Crippen molar-refractivity contribution in [3.05, 3.63) is 30.1 Å². The van der Waals surface area contributed by atoms with Crippen molar-refractivity contribution in [3.63, 3.8) is 0 Å². The third kappa shape index (κ3) is 1.94. The summed E-state index contributed by atoms with van der Waals surface area (Å²) in [6.07, 6.45) is 2.71.